The van der Waals surface area contributed by atoms with Crippen molar-refractivity contribution in [3.8, 4) is 11.6 Å². The number of aryl methyl sites for hydroxylation is 2. The number of para-hydroxylation sites is 1. The van der Waals surface area contributed by atoms with E-state index in [1.165, 1.54) is 24.3 Å². The minimum absolute atomic E-state index is 0.0632. The van der Waals surface area contributed by atoms with E-state index < -0.39 is 35.3 Å². The number of aliphatic carboxylic acids is 1. The maximum atomic E-state index is 14.6. The molecule has 1 aromatic heterocycles. The highest BCUT2D eigenvalue weighted by atomic mass is 19.1. The molecule has 0 radical (unpaired) electrons. The summed E-state index contributed by atoms with van der Waals surface area (Å²) >= 11 is 0. The minimum atomic E-state index is -1.07. The summed E-state index contributed by atoms with van der Waals surface area (Å²) in [6.45, 7) is 9.23. The molecule has 8 nitrogen and oxygen atoms in total. The summed E-state index contributed by atoms with van der Waals surface area (Å²) in [5.41, 5.74) is 2.05. The molecule has 0 spiro atoms. The molecule has 0 aliphatic heterocycles. The van der Waals surface area contributed by atoms with Crippen LogP contribution in [0.1, 0.15) is 60.4 Å². The fourth-order valence-electron chi connectivity index (χ4n) is 3.65. The molecule has 0 aliphatic carbocycles. The largest absolute Gasteiger partial charge is 0.481 e. The number of halogens is 1. The average Bonchev–Trinajstić information content (AvgIpc) is 3.20. The van der Waals surface area contributed by atoms with Crippen LogP contribution in [0.25, 0.3) is 5.69 Å². The Morgan fingerprint density at radius 2 is 1.83 bits per heavy atom. The van der Waals surface area contributed by atoms with Crippen LogP contribution in [0.3, 0.4) is 0 Å². The summed E-state index contributed by atoms with van der Waals surface area (Å²) in [6.07, 6.45) is -1.16. The third-order valence-electron chi connectivity index (χ3n) is 5.86. The molecule has 36 heavy (non-hydrogen) atoms. The molecule has 3 N–H and O–H groups in total. The standard InChI is InChI=1S/C27H32FN3O5/c1-16-10-11-18(17(2)12-16)20(14-25(33)34)29-26(35)21-13-24(36-15-23(32)27(3,4)5)31(30-21)22-9-7-6-8-19(22)28/h6-13,20,23,32H,14-15H2,1-5H3,(H,29,35)(H,33,34). The van der Waals surface area contributed by atoms with E-state index >= 15 is 0 Å². The van der Waals surface area contributed by atoms with Crippen LogP contribution in [0.2, 0.25) is 0 Å². The maximum Gasteiger partial charge on any atom is 0.305 e. The van der Waals surface area contributed by atoms with E-state index in [0.29, 0.717) is 5.56 Å². The van der Waals surface area contributed by atoms with Gasteiger partial charge in [-0.2, -0.15) is 9.78 Å². The Kier molecular flexibility index (Phi) is 8.14. The number of amides is 1. The zero-order valence-electron chi connectivity index (χ0n) is 21.1. The van der Waals surface area contributed by atoms with Crippen molar-refractivity contribution in [3.63, 3.8) is 0 Å². The van der Waals surface area contributed by atoms with Crippen LogP contribution in [-0.4, -0.2) is 44.6 Å². The van der Waals surface area contributed by atoms with Crippen molar-refractivity contribution in [2.24, 2.45) is 5.41 Å². The van der Waals surface area contributed by atoms with E-state index in [0.717, 1.165) is 15.8 Å². The van der Waals surface area contributed by atoms with E-state index in [4.69, 9.17) is 4.74 Å². The van der Waals surface area contributed by atoms with Gasteiger partial charge in [0, 0.05) is 6.07 Å². The van der Waals surface area contributed by atoms with Gasteiger partial charge < -0.3 is 20.3 Å². The lowest BCUT2D eigenvalue weighted by Gasteiger charge is -2.25. The van der Waals surface area contributed by atoms with E-state index in [1.807, 2.05) is 46.8 Å². The molecule has 3 aromatic rings. The first-order chi connectivity index (χ1) is 16.9. The summed E-state index contributed by atoms with van der Waals surface area (Å²) in [5, 5.41) is 26.8. The Labute approximate surface area is 209 Å². The Balaban J connectivity index is 1.95. The van der Waals surface area contributed by atoms with E-state index in [9.17, 15) is 24.2 Å². The zero-order chi connectivity index (χ0) is 26.6. The molecular formula is C27H32FN3O5. The fraction of sp³-hybridized carbons (Fsp3) is 0.370. The van der Waals surface area contributed by atoms with Crippen molar-refractivity contribution in [3.05, 3.63) is 76.7 Å². The highest BCUT2D eigenvalue weighted by Crippen LogP contribution is 2.26. The van der Waals surface area contributed by atoms with Crippen LogP contribution < -0.4 is 10.1 Å². The number of rotatable bonds is 9. The summed E-state index contributed by atoms with van der Waals surface area (Å²) in [7, 11) is 0. The first-order valence-corrected chi connectivity index (χ1v) is 11.6. The van der Waals surface area contributed by atoms with Crippen LogP contribution in [0, 0.1) is 25.1 Å². The summed E-state index contributed by atoms with van der Waals surface area (Å²) in [4.78, 5) is 24.7. The van der Waals surface area contributed by atoms with Gasteiger partial charge in [-0.1, -0.05) is 56.7 Å². The van der Waals surface area contributed by atoms with Gasteiger partial charge in [0.05, 0.1) is 18.6 Å². The van der Waals surface area contributed by atoms with E-state index in [2.05, 4.69) is 10.4 Å². The molecule has 1 heterocycles. The third-order valence-corrected chi connectivity index (χ3v) is 5.86. The van der Waals surface area contributed by atoms with Gasteiger partial charge >= 0.3 is 5.97 Å². The Hall–Kier alpha value is -3.72. The first kappa shape index (κ1) is 26.9. The number of hydrogen-bond donors (Lipinski definition) is 3. The Morgan fingerprint density at radius 3 is 2.44 bits per heavy atom. The van der Waals surface area contributed by atoms with Crippen LogP contribution in [0.4, 0.5) is 4.39 Å². The lowest BCUT2D eigenvalue weighted by molar-refractivity contribution is -0.137. The van der Waals surface area contributed by atoms with Crippen molar-refractivity contribution >= 4 is 11.9 Å². The van der Waals surface area contributed by atoms with Crippen molar-refractivity contribution in [1.29, 1.82) is 0 Å². The van der Waals surface area contributed by atoms with Crippen molar-refractivity contribution in [2.45, 2.75) is 53.2 Å². The number of carboxylic acids is 1. The number of carboxylic acid groups (broad SMARTS) is 1. The average molecular weight is 498 g/mol. The number of aliphatic hydroxyl groups excluding tert-OH is 1. The quantitative estimate of drug-likeness (QED) is 0.405. The number of benzene rings is 2. The van der Waals surface area contributed by atoms with Gasteiger partial charge in [0.2, 0.25) is 5.88 Å². The van der Waals surface area contributed by atoms with Crippen LogP contribution in [0.5, 0.6) is 5.88 Å². The Morgan fingerprint density at radius 1 is 1.14 bits per heavy atom. The number of aliphatic hydroxyl groups is 1. The van der Waals surface area contributed by atoms with Gasteiger partial charge in [-0.05, 0) is 42.5 Å². The molecule has 0 bridgehead atoms. The minimum Gasteiger partial charge on any atom is -0.481 e. The molecule has 9 heteroatoms. The van der Waals surface area contributed by atoms with Crippen molar-refractivity contribution in [1.82, 2.24) is 15.1 Å². The first-order valence-electron chi connectivity index (χ1n) is 11.6. The number of nitrogens with one attached hydrogen (secondary N) is 1. The van der Waals surface area contributed by atoms with Crippen LogP contribution in [-0.2, 0) is 4.79 Å². The molecule has 192 valence electrons. The predicted molar refractivity (Wildman–Crippen MR) is 133 cm³/mol. The lowest BCUT2D eigenvalue weighted by Crippen LogP contribution is -2.32. The monoisotopic (exact) mass is 497 g/mol. The third kappa shape index (κ3) is 6.48. The number of carbonyl (C=O) groups is 2. The molecule has 0 saturated heterocycles. The van der Waals surface area contributed by atoms with Gasteiger partial charge in [0.15, 0.2) is 5.69 Å². The van der Waals surface area contributed by atoms with Crippen molar-refractivity contribution < 1.29 is 28.9 Å². The zero-order valence-corrected chi connectivity index (χ0v) is 21.1. The molecule has 0 aliphatic rings. The van der Waals surface area contributed by atoms with Crippen LogP contribution >= 0.6 is 0 Å². The molecule has 0 saturated carbocycles. The molecule has 1 amide bonds. The SMILES string of the molecule is Cc1ccc(C(CC(=O)O)NC(=O)c2cc(OCC(O)C(C)(C)C)n(-c3ccccc3F)n2)c(C)c1. The second-order valence-electron chi connectivity index (χ2n) is 9.91. The number of aromatic nitrogens is 2. The van der Waals surface area contributed by atoms with Gasteiger partial charge in [-0.3, -0.25) is 9.59 Å². The molecule has 0 fully saturated rings. The summed E-state index contributed by atoms with van der Waals surface area (Å²) < 4.78 is 21.5. The Bertz CT molecular complexity index is 1250. The van der Waals surface area contributed by atoms with E-state index in [1.54, 1.807) is 12.1 Å². The number of hydrogen-bond acceptors (Lipinski definition) is 5. The highest BCUT2D eigenvalue weighted by molar-refractivity contribution is 5.93. The van der Waals surface area contributed by atoms with Gasteiger partial charge in [-0.25, -0.2) is 4.39 Å². The van der Waals surface area contributed by atoms with Gasteiger partial charge in [-0.15, -0.1) is 0 Å². The van der Waals surface area contributed by atoms with Crippen molar-refractivity contribution in [2.75, 3.05) is 6.61 Å². The van der Waals surface area contributed by atoms with Gasteiger partial charge in [0.25, 0.3) is 5.91 Å². The predicted octanol–water partition coefficient (Wildman–Crippen LogP) is 4.36. The maximum absolute atomic E-state index is 14.6. The normalized spacial score (nSPS) is 13.2. The van der Waals surface area contributed by atoms with Crippen LogP contribution in [0.15, 0.2) is 48.5 Å². The number of ether oxygens (including phenoxy) is 1. The topological polar surface area (TPSA) is 114 Å². The van der Waals surface area contributed by atoms with Gasteiger partial charge in [0.1, 0.15) is 18.1 Å². The number of carbonyl (C=O) groups excluding carboxylic acids is 1. The molecule has 2 unspecified atom stereocenters. The van der Waals surface area contributed by atoms with E-state index in [-0.39, 0.29) is 30.3 Å². The lowest BCUT2D eigenvalue weighted by atomic mass is 9.90. The summed E-state index contributed by atoms with van der Waals surface area (Å²) in [6, 6.07) is 12.0. The highest BCUT2D eigenvalue weighted by Gasteiger charge is 2.26. The smallest absolute Gasteiger partial charge is 0.305 e. The second kappa shape index (κ2) is 10.9. The molecule has 3 rings (SSSR count). The fourth-order valence-corrected chi connectivity index (χ4v) is 3.65. The summed E-state index contributed by atoms with van der Waals surface area (Å²) in [5.74, 6) is -2.22. The molecule has 2 aromatic carbocycles. The molecular weight excluding hydrogens is 465 g/mol. The molecule has 2 atom stereocenters. The second-order valence-corrected chi connectivity index (χ2v) is 9.91. The number of nitrogens with zero attached hydrogens (tertiary/aromatic N) is 2.